The quantitative estimate of drug-likeness (QED) is 0.799. The van der Waals surface area contributed by atoms with Gasteiger partial charge >= 0.3 is 5.97 Å². The van der Waals surface area contributed by atoms with Crippen molar-refractivity contribution in [2.45, 2.75) is 44.1 Å². The first-order valence-electron chi connectivity index (χ1n) is 7.86. The van der Waals surface area contributed by atoms with Crippen LogP contribution in [0.15, 0.2) is 0 Å². The zero-order valence-electron chi connectivity index (χ0n) is 12.6. The number of carboxylic acids is 1. The molecule has 0 radical (unpaired) electrons. The lowest BCUT2D eigenvalue weighted by molar-refractivity contribution is -0.141. The predicted octanol–water partition coefficient (Wildman–Crippen LogP) is 1.43. The number of rotatable bonds is 6. The first kappa shape index (κ1) is 15.7. The SMILES string of the molecule is CN(CCN1CCOCC1)C1(CC(=O)O)CCCCC1. The van der Waals surface area contributed by atoms with Crippen LogP contribution in [0.1, 0.15) is 38.5 Å². The van der Waals surface area contributed by atoms with E-state index >= 15 is 0 Å². The molecule has 0 bridgehead atoms. The van der Waals surface area contributed by atoms with Gasteiger partial charge in [0.05, 0.1) is 19.6 Å². The third kappa shape index (κ3) is 4.17. The van der Waals surface area contributed by atoms with E-state index in [1.807, 2.05) is 0 Å². The Hall–Kier alpha value is -0.650. The summed E-state index contributed by atoms with van der Waals surface area (Å²) >= 11 is 0. The highest BCUT2D eigenvalue weighted by Gasteiger charge is 2.37. The number of aliphatic carboxylic acids is 1. The van der Waals surface area contributed by atoms with E-state index in [9.17, 15) is 9.90 Å². The third-order valence-electron chi connectivity index (χ3n) is 4.93. The summed E-state index contributed by atoms with van der Waals surface area (Å²) in [5.41, 5.74) is -0.115. The van der Waals surface area contributed by atoms with E-state index in [4.69, 9.17) is 4.74 Å². The van der Waals surface area contributed by atoms with Crippen LogP contribution in [-0.2, 0) is 9.53 Å². The zero-order valence-corrected chi connectivity index (χ0v) is 12.6. The number of nitrogens with zero attached hydrogens (tertiary/aromatic N) is 2. The minimum atomic E-state index is -0.662. The van der Waals surface area contributed by atoms with Gasteiger partial charge in [-0.25, -0.2) is 0 Å². The zero-order chi connectivity index (χ0) is 14.4. The van der Waals surface area contributed by atoms with E-state index in [1.54, 1.807) is 0 Å². The van der Waals surface area contributed by atoms with Gasteiger partial charge in [-0.15, -0.1) is 0 Å². The van der Waals surface area contributed by atoms with Crippen molar-refractivity contribution in [3.05, 3.63) is 0 Å². The Morgan fingerprint density at radius 1 is 1.25 bits per heavy atom. The molecule has 0 unspecified atom stereocenters. The van der Waals surface area contributed by atoms with Crippen LogP contribution in [0.3, 0.4) is 0 Å². The molecule has 0 aromatic rings. The molecule has 1 aliphatic heterocycles. The highest BCUT2D eigenvalue weighted by atomic mass is 16.5. The molecule has 0 atom stereocenters. The second-order valence-electron chi connectivity index (χ2n) is 6.23. The maximum Gasteiger partial charge on any atom is 0.305 e. The summed E-state index contributed by atoms with van der Waals surface area (Å²) in [6.45, 7) is 5.61. The lowest BCUT2D eigenvalue weighted by Crippen LogP contribution is -2.52. The molecular formula is C15H28N2O3. The van der Waals surface area contributed by atoms with Crippen LogP contribution in [0.4, 0.5) is 0 Å². The van der Waals surface area contributed by atoms with Crippen molar-refractivity contribution in [2.24, 2.45) is 0 Å². The molecule has 1 N–H and O–H groups in total. The van der Waals surface area contributed by atoms with E-state index in [2.05, 4.69) is 16.8 Å². The molecule has 1 saturated carbocycles. The average molecular weight is 284 g/mol. The summed E-state index contributed by atoms with van der Waals surface area (Å²) in [6, 6.07) is 0. The normalized spacial score (nSPS) is 23.9. The molecule has 20 heavy (non-hydrogen) atoms. The molecule has 2 rings (SSSR count). The Balaban J connectivity index is 1.88. The minimum absolute atomic E-state index is 0.115. The number of ether oxygens (including phenoxy) is 1. The van der Waals surface area contributed by atoms with Crippen molar-refractivity contribution in [3.63, 3.8) is 0 Å². The van der Waals surface area contributed by atoms with Crippen LogP contribution < -0.4 is 0 Å². The van der Waals surface area contributed by atoms with E-state index in [0.29, 0.717) is 0 Å². The molecule has 1 heterocycles. The van der Waals surface area contributed by atoms with Crippen molar-refractivity contribution in [2.75, 3.05) is 46.4 Å². The smallest absolute Gasteiger partial charge is 0.305 e. The number of carboxylic acid groups (broad SMARTS) is 1. The fraction of sp³-hybridized carbons (Fsp3) is 0.933. The van der Waals surface area contributed by atoms with Crippen molar-refractivity contribution >= 4 is 5.97 Å². The summed E-state index contributed by atoms with van der Waals surface area (Å²) in [7, 11) is 2.11. The first-order valence-corrected chi connectivity index (χ1v) is 7.86. The third-order valence-corrected chi connectivity index (χ3v) is 4.93. The van der Waals surface area contributed by atoms with Crippen LogP contribution in [0, 0.1) is 0 Å². The Labute approximate surface area is 121 Å². The molecule has 2 aliphatic rings. The first-order chi connectivity index (χ1) is 9.62. The molecular weight excluding hydrogens is 256 g/mol. The van der Waals surface area contributed by atoms with Crippen LogP contribution in [0.5, 0.6) is 0 Å². The Morgan fingerprint density at radius 2 is 1.90 bits per heavy atom. The van der Waals surface area contributed by atoms with E-state index in [0.717, 1.165) is 65.1 Å². The van der Waals surface area contributed by atoms with Gasteiger partial charge in [0.2, 0.25) is 0 Å². The van der Waals surface area contributed by atoms with E-state index in [-0.39, 0.29) is 12.0 Å². The Morgan fingerprint density at radius 3 is 2.50 bits per heavy atom. The number of likely N-dealkylation sites (N-methyl/N-ethyl adjacent to an activating group) is 1. The summed E-state index contributed by atoms with van der Waals surface area (Å²) < 4.78 is 5.36. The molecule has 116 valence electrons. The maximum absolute atomic E-state index is 11.2. The predicted molar refractivity (Wildman–Crippen MR) is 78.0 cm³/mol. The second-order valence-corrected chi connectivity index (χ2v) is 6.23. The van der Waals surface area contributed by atoms with Crippen molar-refractivity contribution < 1.29 is 14.6 Å². The summed E-state index contributed by atoms with van der Waals surface area (Å²) in [6.07, 6.45) is 5.91. The molecule has 0 spiro atoms. The number of hydrogen-bond donors (Lipinski definition) is 1. The van der Waals surface area contributed by atoms with E-state index in [1.165, 1.54) is 6.42 Å². The van der Waals surface area contributed by atoms with Gasteiger partial charge in [0, 0.05) is 31.7 Å². The average Bonchev–Trinajstić information content (AvgIpc) is 2.46. The van der Waals surface area contributed by atoms with Crippen LogP contribution in [0.25, 0.3) is 0 Å². The van der Waals surface area contributed by atoms with Gasteiger partial charge in [-0.05, 0) is 19.9 Å². The number of carbonyl (C=O) groups is 1. The van der Waals surface area contributed by atoms with Crippen molar-refractivity contribution in [1.29, 1.82) is 0 Å². The molecule has 1 saturated heterocycles. The molecule has 1 aliphatic carbocycles. The van der Waals surface area contributed by atoms with Gasteiger partial charge in [-0.3, -0.25) is 14.6 Å². The Bertz CT molecular complexity index is 310. The number of morpholine rings is 1. The highest BCUT2D eigenvalue weighted by molar-refractivity contribution is 5.68. The fourth-order valence-corrected chi connectivity index (χ4v) is 3.54. The summed E-state index contributed by atoms with van der Waals surface area (Å²) in [5.74, 6) is -0.662. The molecule has 5 heteroatoms. The van der Waals surface area contributed by atoms with Gasteiger partial charge in [0.25, 0.3) is 0 Å². The molecule has 0 aromatic heterocycles. The maximum atomic E-state index is 11.2. The lowest BCUT2D eigenvalue weighted by atomic mass is 9.78. The largest absolute Gasteiger partial charge is 0.481 e. The van der Waals surface area contributed by atoms with Gasteiger partial charge in [-0.2, -0.15) is 0 Å². The van der Waals surface area contributed by atoms with Gasteiger partial charge in [0.1, 0.15) is 0 Å². The van der Waals surface area contributed by atoms with Crippen LogP contribution in [-0.4, -0.2) is 72.9 Å². The van der Waals surface area contributed by atoms with Gasteiger partial charge < -0.3 is 9.84 Å². The van der Waals surface area contributed by atoms with Gasteiger partial charge in [0.15, 0.2) is 0 Å². The van der Waals surface area contributed by atoms with Crippen LogP contribution >= 0.6 is 0 Å². The fourth-order valence-electron chi connectivity index (χ4n) is 3.54. The standard InChI is InChI=1S/C15H28N2O3/c1-16(7-8-17-9-11-20-12-10-17)15(13-14(18)19)5-3-2-4-6-15/h2-13H2,1H3,(H,18,19). The monoisotopic (exact) mass is 284 g/mol. The minimum Gasteiger partial charge on any atom is -0.481 e. The van der Waals surface area contributed by atoms with Crippen LogP contribution in [0.2, 0.25) is 0 Å². The van der Waals surface area contributed by atoms with Crippen molar-refractivity contribution in [3.8, 4) is 0 Å². The molecule has 0 aromatic carbocycles. The highest BCUT2D eigenvalue weighted by Crippen LogP contribution is 2.35. The van der Waals surface area contributed by atoms with Gasteiger partial charge in [-0.1, -0.05) is 19.3 Å². The Kier molecular flexibility index (Phi) is 5.81. The topological polar surface area (TPSA) is 53.0 Å². The lowest BCUT2D eigenvalue weighted by Gasteiger charge is -2.44. The molecule has 0 amide bonds. The summed E-state index contributed by atoms with van der Waals surface area (Å²) in [4.78, 5) is 16.0. The number of hydrogen-bond acceptors (Lipinski definition) is 4. The summed E-state index contributed by atoms with van der Waals surface area (Å²) in [5, 5.41) is 9.24. The van der Waals surface area contributed by atoms with Crippen molar-refractivity contribution in [1.82, 2.24) is 9.80 Å². The molecule has 5 nitrogen and oxygen atoms in total. The second kappa shape index (κ2) is 7.38. The molecule has 2 fully saturated rings. The van der Waals surface area contributed by atoms with E-state index < -0.39 is 5.97 Å².